The van der Waals surface area contributed by atoms with Gasteiger partial charge in [-0.1, -0.05) is 34.8 Å². The average Bonchev–Trinajstić information content (AvgIpc) is 2.43. The highest BCUT2D eigenvalue weighted by Gasteiger charge is 2.21. The summed E-state index contributed by atoms with van der Waals surface area (Å²) in [5.74, 6) is -1.95. The summed E-state index contributed by atoms with van der Waals surface area (Å²) in [6, 6.07) is 4.16. The Morgan fingerprint density at radius 1 is 1.05 bits per heavy atom. The van der Waals surface area contributed by atoms with Crippen molar-refractivity contribution < 1.29 is 14.7 Å². The Balaban J connectivity index is 2.45. The van der Waals surface area contributed by atoms with Crippen molar-refractivity contribution in [2.45, 2.75) is 0 Å². The number of anilines is 1. The number of rotatable bonds is 3. The normalized spacial score (nSPS) is 10.2. The van der Waals surface area contributed by atoms with Crippen LogP contribution in [0.2, 0.25) is 15.1 Å². The fraction of sp³-hybridized carbons (Fsp3) is 0. The Morgan fingerprint density at radius 2 is 1.71 bits per heavy atom. The van der Waals surface area contributed by atoms with Crippen LogP contribution in [0.4, 0.5) is 5.69 Å². The molecule has 21 heavy (non-hydrogen) atoms. The highest BCUT2D eigenvalue weighted by molar-refractivity contribution is 6.39. The van der Waals surface area contributed by atoms with Crippen molar-refractivity contribution in [3.05, 3.63) is 56.8 Å². The van der Waals surface area contributed by atoms with Crippen LogP contribution in [0.5, 0.6) is 0 Å². The minimum Gasteiger partial charge on any atom is -0.478 e. The predicted octanol–water partition coefficient (Wildman–Crippen LogP) is 3.99. The predicted molar refractivity (Wildman–Crippen MR) is 80.6 cm³/mol. The number of nitrogens with zero attached hydrogens (tertiary/aromatic N) is 1. The van der Waals surface area contributed by atoms with E-state index in [1.165, 1.54) is 30.6 Å². The lowest BCUT2D eigenvalue weighted by molar-refractivity contribution is 0.0698. The molecule has 0 saturated carbocycles. The quantitative estimate of drug-likeness (QED) is 0.881. The highest BCUT2D eigenvalue weighted by Crippen LogP contribution is 2.32. The summed E-state index contributed by atoms with van der Waals surface area (Å²) in [4.78, 5) is 27.2. The molecule has 108 valence electrons. The lowest BCUT2D eigenvalue weighted by Gasteiger charge is -2.12. The molecule has 1 aromatic heterocycles. The Labute approximate surface area is 134 Å². The van der Waals surface area contributed by atoms with Crippen LogP contribution in [0.15, 0.2) is 30.6 Å². The summed E-state index contributed by atoms with van der Waals surface area (Å²) in [6.07, 6.45) is 2.69. The molecule has 0 spiro atoms. The van der Waals surface area contributed by atoms with E-state index in [0.29, 0.717) is 0 Å². The van der Waals surface area contributed by atoms with Gasteiger partial charge in [-0.25, -0.2) is 4.79 Å². The van der Waals surface area contributed by atoms with Crippen molar-refractivity contribution in [2.24, 2.45) is 0 Å². The van der Waals surface area contributed by atoms with Crippen LogP contribution in [-0.2, 0) is 0 Å². The van der Waals surface area contributed by atoms with E-state index in [-0.39, 0.29) is 31.9 Å². The summed E-state index contributed by atoms with van der Waals surface area (Å²) < 4.78 is 0. The summed E-state index contributed by atoms with van der Waals surface area (Å²) in [5, 5.41) is 11.8. The Hall–Kier alpha value is -1.82. The number of amides is 1. The molecule has 1 aromatic carbocycles. The van der Waals surface area contributed by atoms with Crippen molar-refractivity contribution in [2.75, 3.05) is 5.32 Å². The molecule has 0 aliphatic heterocycles. The van der Waals surface area contributed by atoms with Crippen LogP contribution in [0.1, 0.15) is 20.7 Å². The summed E-state index contributed by atoms with van der Waals surface area (Å²) in [7, 11) is 0. The van der Waals surface area contributed by atoms with Gasteiger partial charge in [0.2, 0.25) is 0 Å². The number of carbonyl (C=O) groups is 2. The minimum atomic E-state index is -1.31. The molecular weight excluding hydrogens is 339 g/mol. The van der Waals surface area contributed by atoms with Gasteiger partial charge in [-0.3, -0.25) is 9.78 Å². The average molecular weight is 346 g/mol. The highest BCUT2D eigenvalue weighted by atomic mass is 35.5. The summed E-state index contributed by atoms with van der Waals surface area (Å²) in [6.45, 7) is 0. The second-order valence-corrected chi connectivity index (χ2v) is 5.12. The van der Waals surface area contributed by atoms with E-state index in [2.05, 4.69) is 10.3 Å². The van der Waals surface area contributed by atoms with Gasteiger partial charge in [-0.2, -0.15) is 0 Å². The van der Waals surface area contributed by atoms with E-state index in [1.54, 1.807) is 0 Å². The fourth-order valence-electron chi connectivity index (χ4n) is 1.61. The molecule has 8 heteroatoms. The molecule has 2 N–H and O–H groups in total. The number of carbonyl (C=O) groups excluding carboxylic acids is 1. The molecule has 1 heterocycles. The Bertz CT molecular complexity index is 735. The molecule has 0 aliphatic rings. The van der Waals surface area contributed by atoms with Crippen molar-refractivity contribution in [3.63, 3.8) is 0 Å². The van der Waals surface area contributed by atoms with Crippen molar-refractivity contribution in [1.29, 1.82) is 0 Å². The van der Waals surface area contributed by atoms with Crippen LogP contribution >= 0.6 is 34.8 Å². The maximum absolute atomic E-state index is 12.1. The number of halogens is 3. The van der Waals surface area contributed by atoms with Gasteiger partial charge in [0.1, 0.15) is 5.56 Å². The van der Waals surface area contributed by atoms with Gasteiger partial charge in [0.15, 0.2) is 0 Å². The number of benzene rings is 1. The molecule has 0 aliphatic carbocycles. The zero-order chi connectivity index (χ0) is 15.6. The zero-order valence-corrected chi connectivity index (χ0v) is 12.5. The Kier molecular flexibility index (Phi) is 4.67. The largest absolute Gasteiger partial charge is 0.478 e. The van der Waals surface area contributed by atoms with Crippen LogP contribution < -0.4 is 5.32 Å². The monoisotopic (exact) mass is 344 g/mol. The molecule has 0 bridgehead atoms. The van der Waals surface area contributed by atoms with Crippen LogP contribution in [0.3, 0.4) is 0 Å². The molecule has 2 rings (SSSR count). The van der Waals surface area contributed by atoms with Crippen molar-refractivity contribution >= 4 is 52.4 Å². The number of carboxylic acid groups (broad SMARTS) is 1. The second kappa shape index (κ2) is 6.30. The molecule has 0 radical (unpaired) electrons. The maximum Gasteiger partial charge on any atom is 0.339 e. The zero-order valence-electron chi connectivity index (χ0n) is 10.2. The molecule has 0 unspecified atom stereocenters. The second-order valence-electron chi connectivity index (χ2n) is 3.89. The standard InChI is InChI=1S/C13H7Cl3N2O3/c14-7-3-4-17-5-6(7)12(19)18-11-9(16)2-1-8(15)10(11)13(20)21/h1-5H,(H,18,19)(H,20,21). The van der Waals surface area contributed by atoms with Gasteiger partial charge in [0, 0.05) is 12.4 Å². The maximum atomic E-state index is 12.1. The molecule has 1 amide bonds. The molecular formula is C13H7Cl3N2O3. The van der Waals surface area contributed by atoms with Crippen LogP contribution in [-0.4, -0.2) is 22.0 Å². The lowest BCUT2D eigenvalue weighted by Crippen LogP contribution is -2.16. The molecule has 5 nitrogen and oxygen atoms in total. The van der Waals surface area contributed by atoms with Crippen molar-refractivity contribution in [3.8, 4) is 0 Å². The topological polar surface area (TPSA) is 79.3 Å². The smallest absolute Gasteiger partial charge is 0.339 e. The fourth-order valence-corrected chi connectivity index (χ4v) is 2.24. The molecule has 2 aromatic rings. The van der Waals surface area contributed by atoms with Crippen LogP contribution in [0, 0.1) is 0 Å². The molecule has 0 fully saturated rings. The van der Waals surface area contributed by atoms with E-state index in [4.69, 9.17) is 34.8 Å². The van der Waals surface area contributed by atoms with E-state index >= 15 is 0 Å². The first-order valence-electron chi connectivity index (χ1n) is 5.54. The van der Waals surface area contributed by atoms with Gasteiger partial charge < -0.3 is 10.4 Å². The minimum absolute atomic E-state index is 0.0421. The van der Waals surface area contributed by atoms with Crippen molar-refractivity contribution in [1.82, 2.24) is 4.98 Å². The Morgan fingerprint density at radius 3 is 2.33 bits per heavy atom. The molecule has 0 saturated heterocycles. The third kappa shape index (κ3) is 3.26. The number of hydrogen-bond donors (Lipinski definition) is 2. The number of aromatic nitrogens is 1. The van der Waals surface area contributed by atoms with E-state index in [9.17, 15) is 14.7 Å². The van der Waals surface area contributed by atoms with Gasteiger partial charge in [0.05, 0.1) is 26.3 Å². The van der Waals surface area contributed by atoms with Gasteiger partial charge >= 0.3 is 5.97 Å². The number of pyridine rings is 1. The number of aromatic carboxylic acids is 1. The van der Waals surface area contributed by atoms with Gasteiger partial charge in [-0.15, -0.1) is 0 Å². The van der Waals surface area contributed by atoms with E-state index < -0.39 is 11.9 Å². The van der Waals surface area contributed by atoms with E-state index in [1.807, 2.05) is 0 Å². The third-order valence-corrected chi connectivity index (χ3v) is 3.53. The first-order valence-corrected chi connectivity index (χ1v) is 6.67. The first kappa shape index (κ1) is 15.6. The lowest BCUT2D eigenvalue weighted by atomic mass is 10.1. The SMILES string of the molecule is O=C(Nc1c(Cl)ccc(Cl)c1C(=O)O)c1cnccc1Cl. The van der Waals surface area contributed by atoms with Crippen LogP contribution in [0.25, 0.3) is 0 Å². The van der Waals surface area contributed by atoms with Gasteiger partial charge in [0.25, 0.3) is 5.91 Å². The number of nitrogens with one attached hydrogen (secondary N) is 1. The first-order chi connectivity index (χ1) is 9.91. The number of carboxylic acids is 1. The summed E-state index contributed by atoms with van der Waals surface area (Å²) >= 11 is 17.6. The van der Waals surface area contributed by atoms with E-state index in [0.717, 1.165) is 0 Å². The third-order valence-electron chi connectivity index (χ3n) is 2.57. The molecule has 0 atom stereocenters. The van der Waals surface area contributed by atoms with Gasteiger partial charge in [-0.05, 0) is 18.2 Å². The number of hydrogen-bond acceptors (Lipinski definition) is 3. The summed E-state index contributed by atoms with van der Waals surface area (Å²) in [5.41, 5.74) is -0.300.